The van der Waals surface area contributed by atoms with Gasteiger partial charge in [-0.05, 0) is 0 Å². The number of aromatic nitrogens is 2. The van der Waals surface area contributed by atoms with E-state index < -0.39 is 0 Å². The maximum absolute atomic E-state index is 5.92. The summed E-state index contributed by atoms with van der Waals surface area (Å²) in [5.41, 5.74) is 0.748. The van der Waals surface area contributed by atoms with E-state index in [9.17, 15) is 0 Å². The van der Waals surface area contributed by atoms with E-state index in [-0.39, 0.29) is 0 Å². The fraction of sp³-hybridized carbons (Fsp3) is 0.125. The molecule has 0 aliphatic carbocycles. The Hall–Kier alpha value is -1.22. The highest BCUT2D eigenvalue weighted by Gasteiger charge is 2.02. The smallest absolute Gasteiger partial charge is 0.155 e. The minimum atomic E-state index is 0.597. The van der Waals surface area contributed by atoms with Crippen molar-refractivity contribution in [1.29, 1.82) is 0 Å². The Morgan fingerprint density at radius 3 is 3.17 bits per heavy atom. The van der Waals surface area contributed by atoms with Crippen LogP contribution in [0.1, 0.15) is 0 Å². The van der Waals surface area contributed by atoms with E-state index in [2.05, 4.69) is 4.98 Å². The van der Waals surface area contributed by atoms with Gasteiger partial charge in [0.25, 0.3) is 0 Å². The van der Waals surface area contributed by atoms with E-state index in [0.717, 1.165) is 11.4 Å². The lowest BCUT2D eigenvalue weighted by atomic mass is 10.4. The van der Waals surface area contributed by atoms with Crippen LogP contribution >= 0.6 is 11.6 Å². The van der Waals surface area contributed by atoms with Crippen molar-refractivity contribution in [2.24, 2.45) is 0 Å². The van der Waals surface area contributed by atoms with Crippen LogP contribution in [0.5, 0.6) is 5.75 Å². The molecule has 0 bridgehead atoms. The Balaban J connectivity index is 2.75. The summed E-state index contributed by atoms with van der Waals surface area (Å²) in [7, 11) is 1.61. The van der Waals surface area contributed by atoms with Gasteiger partial charge >= 0.3 is 0 Å². The predicted molar refractivity (Wildman–Crippen MR) is 46.8 cm³/mol. The summed E-state index contributed by atoms with van der Waals surface area (Å²) in [6, 6.07) is 1.74. The van der Waals surface area contributed by atoms with Gasteiger partial charge < -0.3 is 9.14 Å². The highest BCUT2D eigenvalue weighted by molar-refractivity contribution is 6.33. The van der Waals surface area contributed by atoms with Crippen LogP contribution in [0.4, 0.5) is 0 Å². The number of hydrogen-bond donors (Lipinski definition) is 0. The van der Waals surface area contributed by atoms with Gasteiger partial charge in [-0.1, -0.05) is 11.6 Å². The number of methoxy groups -OCH3 is 1. The van der Waals surface area contributed by atoms with Crippen molar-refractivity contribution in [3.05, 3.63) is 29.7 Å². The van der Waals surface area contributed by atoms with E-state index in [4.69, 9.17) is 16.3 Å². The average molecular weight is 183 g/mol. The molecule has 0 atom stereocenters. The molecule has 4 heteroatoms. The summed E-state index contributed by atoms with van der Waals surface area (Å²) in [5, 5.41) is 0.597. The molecule has 0 unspecified atom stereocenters. The minimum absolute atomic E-state index is 0.597. The number of pyridine rings is 1. The van der Waals surface area contributed by atoms with Crippen LogP contribution in [0, 0.1) is 0 Å². The second kappa shape index (κ2) is 2.68. The number of fused-ring (bicyclic) bond motifs is 1. The number of imidazole rings is 1. The lowest BCUT2D eigenvalue weighted by Crippen LogP contribution is -1.88. The van der Waals surface area contributed by atoms with Crippen molar-refractivity contribution in [3.63, 3.8) is 0 Å². The number of nitrogens with zero attached hydrogens (tertiary/aromatic N) is 2. The molecular formula is C8H7ClN2O. The Morgan fingerprint density at radius 1 is 1.58 bits per heavy atom. The van der Waals surface area contributed by atoms with Crippen LogP contribution in [-0.4, -0.2) is 16.5 Å². The van der Waals surface area contributed by atoms with Gasteiger partial charge in [0.05, 0.1) is 18.3 Å². The second-order valence-electron chi connectivity index (χ2n) is 2.39. The van der Waals surface area contributed by atoms with Crippen LogP contribution in [0.25, 0.3) is 5.65 Å². The molecule has 0 radical (unpaired) electrons. The van der Waals surface area contributed by atoms with Crippen LogP contribution in [0.15, 0.2) is 24.7 Å². The SMILES string of the molecule is COc1cc(Cl)c2nccn2c1. The molecule has 0 saturated carbocycles. The molecule has 2 aromatic heterocycles. The first-order valence-corrected chi connectivity index (χ1v) is 3.85. The molecule has 0 saturated heterocycles. The first-order chi connectivity index (χ1) is 5.81. The largest absolute Gasteiger partial charge is 0.495 e. The normalized spacial score (nSPS) is 10.5. The third kappa shape index (κ3) is 1.02. The first kappa shape index (κ1) is 7.43. The fourth-order valence-electron chi connectivity index (χ4n) is 1.08. The highest BCUT2D eigenvalue weighted by Crippen LogP contribution is 2.21. The lowest BCUT2D eigenvalue weighted by Gasteiger charge is -2.01. The van der Waals surface area contributed by atoms with Crippen LogP contribution < -0.4 is 4.74 Å². The maximum atomic E-state index is 5.92. The molecule has 2 rings (SSSR count). The summed E-state index contributed by atoms with van der Waals surface area (Å²) < 4.78 is 6.86. The van der Waals surface area contributed by atoms with E-state index >= 15 is 0 Å². The first-order valence-electron chi connectivity index (χ1n) is 3.47. The van der Waals surface area contributed by atoms with Crippen molar-refractivity contribution in [1.82, 2.24) is 9.38 Å². The van der Waals surface area contributed by atoms with Crippen molar-refractivity contribution < 1.29 is 4.74 Å². The van der Waals surface area contributed by atoms with Crippen molar-refractivity contribution in [2.75, 3.05) is 7.11 Å². The summed E-state index contributed by atoms with van der Waals surface area (Å²) in [5.74, 6) is 0.727. The van der Waals surface area contributed by atoms with Crippen LogP contribution in [-0.2, 0) is 0 Å². The van der Waals surface area contributed by atoms with Gasteiger partial charge in [-0.3, -0.25) is 0 Å². The maximum Gasteiger partial charge on any atom is 0.155 e. The Labute approximate surface area is 74.6 Å². The van der Waals surface area contributed by atoms with Gasteiger partial charge in [0.15, 0.2) is 5.65 Å². The zero-order chi connectivity index (χ0) is 8.55. The van der Waals surface area contributed by atoms with Gasteiger partial charge in [-0.2, -0.15) is 0 Å². The topological polar surface area (TPSA) is 26.5 Å². The molecule has 0 spiro atoms. The van der Waals surface area contributed by atoms with Gasteiger partial charge in [0.1, 0.15) is 5.75 Å². The van der Waals surface area contributed by atoms with Gasteiger partial charge in [0.2, 0.25) is 0 Å². The molecule has 0 aliphatic heterocycles. The van der Waals surface area contributed by atoms with Gasteiger partial charge in [-0.25, -0.2) is 4.98 Å². The molecule has 0 aliphatic rings. The van der Waals surface area contributed by atoms with Crippen molar-refractivity contribution in [2.45, 2.75) is 0 Å². The molecule has 0 N–H and O–H groups in total. The third-order valence-electron chi connectivity index (χ3n) is 1.65. The van der Waals surface area contributed by atoms with Crippen LogP contribution in [0.2, 0.25) is 5.02 Å². The zero-order valence-corrected chi connectivity index (χ0v) is 7.25. The Morgan fingerprint density at radius 2 is 2.42 bits per heavy atom. The van der Waals surface area contributed by atoms with Crippen molar-refractivity contribution >= 4 is 17.2 Å². The average Bonchev–Trinajstić information content (AvgIpc) is 2.52. The lowest BCUT2D eigenvalue weighted by molar-refractivity contribution is 0.412. The standard InChI is InChI=1S/C8H7ClN2O/c1-12-6-4-7(9)8-10-2-3-11(8)5-6/h2-5H,1H3. The Bertz CT molecular complexity index is 410. The van der Waals surface area contributed by atoms with E-state index in [1.807, 2.05) is 16.8 Å². The number of rotatable bonds is 1. The quantitative estimate of drug-likeness (QED) is 0.675. The molecular weight excluding hydrogens is 176 g/mol. The van der Waals surface area contributed by atoms with Gasteiger partial charge in [0, 0.05) is 18.5 Å². The molecule has 12 heavy (non-hydrogen) atoms. The zero-order valence-electron chi connectivity index (χ0n) is 6.49. The summed E-state index contributed by atoms with van der Waals surface area (Å²) in [6.07, 6.45) is 5.35. The molecule has 0 aromatic carbocycles. The molecule has 2 aromatic rings. The monoisotopic (exact) mass is 182 g/mol. The summed E-state index contributed by atoms with van der Waals surface area (Å²) in [6.45, 7) is 0. The fourth-order valence-corrected chi connectivity index (χ4v) is 1.33. The Kier molecular flexibility index (Phi) is 1.66. The molecule has 62 valence electrons. The number of ether oxygens (including phenoxy) is 1. The van der Waals surface area contributed by atoms with E-state index in [1.165, 1.54) is 0 Å². The number of hydrogen-bond acceptors (Lipinski definition) is 2. The summed E-state index contributed by atoms with van der Waals surface area (Å²) in [4.78, 5) is 4.07. The van der Waals surface area contributed by atoms with E-state index in [1.54, 1.807) is 19.4 Å². The second-order valence-corrected chi connectivity index (χ2v) is 2.79. The third-order valence-corrected chi connectivity index (χ3v) is 1.93. The van der Waals surface area contributed by atoms with Crippen molar-refractivity contribution in [3.8, 4) is 5.75 Å². The summed E-state index contributed by atoms with van der Waals surface area (Å²) >= 11 is 5.92. The predicted octanol–water partition coefficient (Wildman–Crippen LogP) is 2.00. The molecule has 3 nitrogen and oxygen atoms in total. The van der Waals surface area contributed by atoms with E-state index in [0.29, 0.717) is 5.02 Å². The highest BCUT2D eigenvalue weighted by atomic mass is 35.5. The molecule has 2 heterocycles. The molecule has 0 amide bonds. The van der Waals surface area contributed by atoms with Gasteiger partial charge in [-0.15, -0.1) is 0 Å². The number of halogens is 1. The van der Waals surface area contributed by atoms with Crippen LogP contribution in [0.3, 0.4) is 0 Å². The molecule has 0 fully saturated rings. The minimum Gasteiger partial charge on any atom is -0.495 e.